The Kier molecular flexibility index (Phi) is 8.65. The zero-order chi connectivity index (χ0) is 19.5. The van der Waals surface area contributed by atoms with Crippen molar-refractivity contribution >= 4 is 5.96 Å². The second kappa shape index (κ2) is 11.2. The highest BCUT2D eigenvalue weighted by Gasteiger charge is 2.05. The molecular formula is C22H31N3O2. The average Bonchev–Trinajstić information content (AvgIpc) is 2.69. The van der Waals surface area contributed by atoms with Gasteiger partial charge in [0, 0.05) is 25.3 Å². The topological polar surface area (TPSA) is 54.9 Å². The van der Waals surface area contributed by atoms with Gasteiger partial charge in [-0.2, -0.15) is 0 Å². The number of benzene rings is 2. The van der Waals surface area contributed by atoms with Gasteiger partial charge in [-0.15, -0.1) is 0 Å². The molecule has 5 heteroatoms. The molecule has 0 aliphatic heterocycles. The van der Waals surface area contributed by atoms with E-state index in [1.807, 2.05) is 13.0 Å². The molecule has 0 atom stereocenters. The molecule has 0 amide bonds. The van der Waals surface area contributed by atoms with Gasteiger partial charge < -0.3 is 20.1 Å². The van der Waals surface area contributed by atoms with Gasteiger partial charge in [-0.3, -0.25) is 0 Å². The summed E-state index contributed by atoms with van der Waals surface area (Å²) >= 11 is 0. The van der Waals surface area contributed by atoms with E-state index in [9.17, 15) is 0 Å². The molecule has 146 valence electrons. The van der Waals surface area contributed by atoms with Crippen LogP contribution in [0.3, 0.4) is 0 Å². The fourth-order valence-corrected chi connectivity index (χ4v) is 2.65. The van der Waals surface area contributed by atoms with E-state index in [1.54, 1.807) is 7.11 Å². The molecular weight excluding hydrogens is 338 g/mol. The second-order valence-corrected chi connectivity index (χ2v) is 6.32. The average molecular weight is 370 g/mol. The monoisotopic (exact) mass is 369 g/mol. The summed E-state index contributed by atoms with van der Waals surface area (Å²) in [6.45, 7) is 9.60. The van der Waals surface area contributed by atoms with Crippen LogP contribution < -0.4 is 15.4 Å². The number of aliphatic imine (C=N–C) groups is 1. The summed E-state index contributed by atoms with van der Waals surface area (Å²) in [5, 5.41) is 6.67. The number of rotatable bonds is 9. The Bertz CT molecular complexity index is 727. The lowest BCUT2D eigenvalue weighted by atomic mass is 10.1. The fraction of sp³-hybridized carbons (Fsp3) is 0.409. The molecule has 2 aromatic carbocycles. The zero-order valence-corrected chi connectivity index (χ0v) is 16.8. The Morgan fingerprint density at radius 1 is 1.00 bits per heavy atom. The molecule has 0 aliphatic rings. The van der Waals surface area contributed by atoms with Gasteiger partial charge in [0.2, 0.25) is 0 Å². The molecule has 0 unspecified atom stereocenters. The van der Waals surface area contributed by atoms with Crippen LogP contribution in [0.25, 0.3) is 0 Å². The molecule has 2 aromatic rings. The molecule has 27 heavy (non-hydrogen) atoms. The summed E-state index contributed by atoms with van der Waals surface area (Å²) in [4.78, 5) is 4.69. The van der Waals surface area contributed by atoms with E-state index in [0.29, 0.717) is 19.7 Å². The molecule has 2 rings (SSSR count). The van der Waals surface area contributed by atoms with Gasteiger partial charge >= 0.3 is 0 Å². The summed E-state index contributed by atoms with van der Waals surface area (Å²) in [6, 6.07) is 14.6. The lowest BCUT2D eigenvalue weighted by molar-refractivity contribution is 0.134. The van der Waals surface area contributed by atoms with Crippen molar-refractivity contribution < 1.29 is 9.47 Å². The van der Waals surface area contributed by atoms with E-state index in [4.69, 9.17) is 9.47 Å². The first-order valence-electron chi connectivity index (χ1n) is 9.47. The molecule has 0 fully saturated rings. The summed E-state index contributed by atoms with van der Waals surface area (Å²) in [7, 11) is 1.70. The Labute approximate surface area is 162 Å². The summed E-state index contributed by atoms with van der Waals surface area (Å²) in [5.41, 5.74) is 4.64. The smallest absolute Gasteiger partial charge is 0.191 e. The van der Waals surface area contributed by atoms with Crippen LogP contribution in [-0.4, -0.2) is 26.2 Å². The number of aryl methyl sites for hydroxylation is 1. The van der Waals surface area contributed by atoms with Crippen LogP contribution in [0.4, 0.5) is 0 Å². The van der Waals surface area contributed by atoms with E-state index in [-0.39, 0.29) is 0 Å². The van der Waals surface area contributed by atoms with E-state index < -0.39 is 0 Å². The lowest BCUT2D eigenvalue weighted by Crippen LogP contribution is -2.36. The van der Waals surface area contributed by atoms with Gasteiger partial charge in [-0.25, -0.2) is 4.99 Å². The van der Waals surface area contributed by atoms with Gasteiger partial charge in [0.25, 0.3) is 0 Å². The van der Waals surface area contributed by atoms with Crippen molar-refractivity contribution in [3.05, 3.63) is 64.7 Å². The first kappa shape index (κ1) is 20.8. The van der Waals surface area contributed by atoms with E-state index in [2.05, 4.69) is 65.9 Å². The molecule has 0 saturated carbocycles. The van der Waals surface area contributed by atoms with Crippen molar-refractivity contribution in [2.24, 2.45) is 4.99 Å². The third kappa shape index (κ3) is 6.94. The third-order valence-electron chi connectivity index (χ3n) is 4.15. The Balaban J connectivity index is 1.97. The van der Waals surface area contributed by atoms with Gasteiger partial charge in [0.05, 0.1) is 20.3 Å². The number of guanidine groups is 1. The first-order valence-corrected chi connectivity index (χ1v) is 9.47. The summed E-state index contributed by atoms with van der Waals surface area (Å²) in [6.07, 6.45) is 0. The third-order valence-corrected chi connectivity index (χ3v) is 4.15. The maximum atomic E-state index is 5.48. The number of methoxy groups -OCH3 is 1. The van der Waals surface area contributed by atoms with Crippen LogP contribution in [0.5, 0.6) is 5.75 Å². The normalized spacial score (nSPS) is 11.3. The minimum absolute atomic E-state index is 0.620. The van der Waals surface area contributed by atoms with Crippen molar-refractivity contribution in [1.82, 2.24) is 10.6 Å². The van der Waals surface area contributed by atoms with Crippen LogP contribution in [-0.2, 0) is 24.4 Å². The number of ether oxygens (including phenoxy) is 2. The maximum Gasteiger partial charge on any atom is 0.191 e. The quantitative estimate of drug-likeness (QED) is 0.521. The van der Waals surface area contributed by atoms with Crippen molar-refractivity contribution in [1.29, 1.82) is 0 Å². The van der Waals surface area contributed by atoms with Gasteiger partial charge in [-0.05, 0) is 43.5 Å². The number of hydrogen-bond acceptors (Lipinski definition) is 3. The minimum Gasteiger partial charge on any atom is -0.496 e. The van der Waals surface area contributed by atoms with Crippen LogP contribution in [0, 0.1) is 6.92 Å². The lowest BCUT2D eigenvalue weighted by Gasteiger charge is -2.14. The minimum atomic E-state index is 0.620. The molecule has 0 radical (unpaired) electrons. The molecule has 0 spiro atoms. The summed E-state index contributed by atoms with van der Waals surface area (Å²) < 4.78 is 10.9. The molecule has 0 aromatic heterocycles. The highest BCUT2D eigenvalue weighted by Crippen LogP contribution is 2.19. The maximum absolute atomic E-state index is 5.48. The van der Waals surface area contributed by atoms with E-state index in [1.165, 1.54) is 16.7 Å². The van der Waals surface area contributed by atoms with Crippen molar-refractivity contribution in [3.8, 4) is 5.75 Å². The Hall–Kier alpha value is -2.53. The van der Waals surface area contributed by atoms with Crippen LogP contribution in [0.2, 0.25) is 0 Å². The number of nitrogens with zero attached hydrogens (tertiary/aromatic N) is 1. The highest BCUT2D eigenvalue weighted by molar-refractivity contribution is 5.79. The molecule has 5 nitrogen and oxygen atoms in total. The SMILES string of the molecule is CCNC(=NCc1ccc(COCC)cc1)NCc1ccc(C)cc1OC. The Morgan fingerprint density at radius 2 is 1.74 bits per heavy atom. The standard InChI is InChI=1S/C22H31N3O2/c1-5-23-22(25-15-20-12-7-17(3)13-21(20)26-4)24-14-18-8-10-19(11-9-18)16-27-6-2/h7-13H,5-6,14-16H2,1-4H3,(H2,23,24,25). The van der Waals surface area contributed by atoms with E-state index in [0.717, 1.165) is 30.4 Å². The van der Waals surface area contributed by atoms with Crippen LogP contribution in [0.1, 0.15) is 36.1 Å². The number of hydrogen-bond donors (Lipinski definition) is 2. The summed E-state index contributed by atoms with van der Waals surface area (Å²) in [5.74, 6) is 1.68. The second-order valence-electron chi connectivity index (χ2n) is 6.32. The van der Waals surface area contributed by atoms with Gasteiger partial charge in [-0.1, -0.05) is 36.4 Å². The van der Waals surface area contributed by atoms with Gasteiger partial charge in [0.15, 0.2) is 5.96 Å². The first-order chi connectivity index (χ1) is 13.2. The predicted molar refractivity (Wildman–Crippen MR) is 111 cm³/mol. The van der Waals surface area contributed by atoms with Crippen LogP contribution >= 0.6 is 0 Å². The van der Waals surface area contributed by atoms with Crippen molar-refractivity contribution in [2.45, 2.75) is 40.5 Å². The van der Waals surface area contributed by atoms with Gasteiger partial charge in [0.1, 0.15) is 5.75 Å². The molecule has 2 N–H and O–H groups in total. The van der Waals surface area contributed by atoms with Crippen molar-refractivity contribution in [3.63, 3.8) is 0 Å². The number of nitrogens with one attached hydrogen (secondary N) is 2. The van der Waals surface area contributed by atoms with Crippen LogP contribution in [0.15, 0.2) is 47.5 Å². The molecule has 0 heterocycles. The predicted octanol–water partition coefficient (Wildman–Crippen LogP) is 3.80. The largest absolute Gasteiger partial charge is 0.496 e. The fourth-order valence-electron chi connectivity index (χ4n) is 2.65. The zero-order valence-electron chi connectivity index (χ0n) is 16.8. The van der Waals surface area contributed by atoms with Crippen molar-refractivity contribution in [2.75, 3.05) is 20.3 Å². The molecule has 0 bridgehead atoms. The molecule has 0 saturated heterocycles. The highest BCUT2D eigenvalue weighted by atomic mass is 16.5. The Morgan fingerprint density at radius 3 is 2.41 bits per heavy atom. The van der Waals surface area contributed by atoms with E-state index >= 15 is 0 Å². The molecule has 0 aliphatic carbocycles.